The number of amides is 1. The van der Waals surface area contributed by atoms with Gasteiger partial charge in [0.2, 0.25) is 5.91 Å². The van der Waals surface area contributed by atoms with Crippen molar-refractivity contribution in [3.05, 3.63) is 29.8 Å². The summed E-state index contributed by atoms with van der Waals surface area (Å²) in [5.41, 5.74) is 11.4. The van der Waals surface area contributed by atoms with E-state index in [0.717, 1.165) is 0 Å². The molecular weight excluding hydrogens is 216 g/mol. The molecule has 84 valence electrons. The molecule has 1 atom stereocenters. The molecule has 0 aliphatic carbocycles. The molecule has 0 aromatic heterocycles. The summed E-state index contributed by atoms with van der Waals surface area (Å²) in [4.78, 5) is 10.5. The first-order chi connectivity index (χ1) is 6.61. The molecule has 5 N–H and O–H groups in total. The number of phenols is 1. The molecule has 15 heavy (non-hydrogen) atoms. The van der Waals surface area contributed by atoms with Crippen molar-refractivity contribution in [3.63, 3.8) is 0 Å². The van der Waals surface area contributed by atoms with Gasteiger partial charge in [0.25, 0.3) is 0 Å². The van der Waals surface area contributed by atoms with Gasteiger partial charge >= 0.3 is 0 Å². The highest BCUT2D eigenvalue weighted by Crippen LogP contribution is 2.24. The molecule has 1 amide bonds. The van der Waals surface area contributed by atoms with Gasteiger partial charge in [0.1, 0.15) is 5.75 Å². The summed E-state index contributed by atoms with van der Waals surface area (Å²) < 4.78 is 0. The standard InChI is InChI=1S/C10H14N2O2.ClH/c11-8(5-6-10(12)14)7-3-1-2-4-9(7)13;/h1-4,8,13H,5-6,11H2,(H2,12,14);1H. The molecule has 1 aromatic rings. The first kappa shape index (κ1) is 13.7. The van der Waals surface area contributed by atoms with Gasteiger partial charge < -0.3 is 16.6 Å². The number of phenolic OH excluding ortho intramolecular Hbond substituents is 1. The van der Waals surface area contributed by atoms with Gasteiger partial charge in [-0.2, -0.15) is 0 Å². The maximum absolute atomic E-state index is 10.5. The van der Waals surface area contributed by atoms with Crippen LogP contribution >= 0.6 is 12.4 Å². The van der Waals surface area contributed by atoms with Gasteiger partial charge in [0.05, 0.1) is 0 Å². The van der Waals surface area contributed by atoms with Gasteiger partial charge in [-0.05, 0) is 12.5 Å². The highest BCUT2D eigenvalue weighted by molar-refractivity contribution is 5.85. The lowest BCUT2D eigenvalue weighted by Crippen LogP contribution is -2.16. The second-order valence-corrected chi connectivity index (χ2v) is 3.17. The van der Waals surface area contributed by atoms with E-state index in [1.807, 2.05) is 0 Å². The molecule has 0 aliphatic rings. The molecule has 0 fully saturated rings. The van der Waals surface area contributed by atoms with E-state index in [9.17, 15) is 9.90 Å². The zero-order chi connectivity index (χ0) is 10.6. The lowest BCUT2D eigenvalue weighted by molar-refractivity contribution is -0.118. The second kappa shape index (κ2) is 6.27. The van der Waals surface area contributed by atoms with E-state index in [4.69, 9.17) is 11.5 Å². The second-order valence-electron chi connectivity index (χ2n) is 3.17. The van der Waals surface area contributed by atoms with Crippen LogP contribution in [0.3, 0.4) is 0 Å². The van der Waals surface area contributed by atoms with Crippen molar-refractivity contribution >= 4 is 18.3 Å². The molecule has 0 spiro atoms. The number of para-hydroxylation sites is 1. The lowest BCUT2D eigenvalue weighted by atomic mass is 10.0. The zero-order valence-electron chi connectivity index (χ0n) is 8.22. The first-order valence-electron chi connectivity index (χ1n) is 4.43. The molecule has 0 saturated heterocycles. The molecule has 0 saturated carbocycles. The van der Waals surface area contributed by atoms with Crippen molar-refractivity contribution in [1.29, 1.82) is 0 Å². The summed E-state index contributed by atoms with van der Waals surface area (Å²) in [5, 5.41) is 9.45. The molecule has 0 bridgehead atoms. The largest absolute Gasteiger partial charge is 0.508 e. The molecule has 5 heteroatoms. The predicted molar refractivity (Wildman–Crippen MR) is 60.7 cm³/mol. The fraction of sp³-hybridized carbons (Fsp3) is 0.300. The molecule has 4 nitrogen and oxygen atoms in total. The summed E-state index contributed by atoms with van der Waals surface area (Å²) >= 11 is 0. The molecule has 0 radical (unpaired) electrons. The number of nitrogens with two attached hydrogens (primary N) is 2. The number of rotatable bonds is 4. The monoisotopic (exact) mass is 230 g/mol. The van der Waals surface area contributed by atoms with Crippen LogP contribution in [-0.4, -0.2) is 11.0 Å². The van der Waals surface area contributed by atoms with E-state index >= 15 is 0 Å². The maximum atomic E-state index is 10.5. The normalized spacial score (nSPS) is 11.5. The number of hydrogen-bond acceptors (Lipinski definition) is 3. The molecule has 0 heterocycles. The van der Waals surface area contributed by atoms with Crippen molar-refractivity contribution in [2.45, 2.75) is 18.9 Å². The van der Waals surface area contributed by atoms with Gasteiger partial charge in [-0.15, -0.1) is 12.4 Å². The Hall–Kier alpha value is -1.26. The maximum Gasteiger partial charge on any atom is 0.217 e. The topological polar surface area (TPSA) is 89.3 Å². The Morgan fingerprint density at radius 3 is 2.53 bits per heavy atom. The Bertz CT molecular complexity index is 331. The van der Waals surface area contributed by atoms with E-state index in [2.05, 4.69) is 0 Å². The van der Waals surface area contributed by atoms with Crippen molar-refractivity contribution in [2.24, 2.45) is 11.5 Å². The van der Waals surface area contributed by atoms with Crippen molar-refractivity contribution in [3.8, 4) is 5.75 Å². The molecule has 1 aromatic carbocycles. The summed E-state index contributed by atoms with van der Waals surface area (Å²) in [6, 6.07) is 6.47. The summed E-state index contributed by atoms with van der Waals surface area (Å²) in [6.07, 6.45) is 0.683. The van der Waals surface area contributed by atoms with Crippen LogP contribution in [0.4, 0.5) is 0 Å². The Labute approximate surface area is 94.7 Å². The fourth-order valence-corrected chi connectivity index (χ4v) is 1.25. The molecular formula is C10H15ClN2O2. The van der Waals surface area contributed by atoms with E-state index in [-0.39, 0.29) is 36.5 Å². The zero-order valence-corrected chi connectivity index (χ0v) is 9.04. The number of carbonyl (C=O) groups excluding carboxylic acids is 1. The van der Waals surface area contributed by atoms with Gasteiger partial charge in [0.15, 0.2) is 0 Å². The number of primary amides is 1. The summed E-state index contributed by atoms with van der Waals surface area (Å²) in [5.74, 6) is -0.222. The third-order valence-corrected chi connectivity index (χ3v) is 2.04. The van der Waals surface area contributed by atoms with Crippen LogP contribution in [0.2, 0.25) is 0 Å². The summed E-state index contributed by atoms with van der Waals surface area (Å²) in [7, 11) is 0. The first-order valence-corrected chi connectivity index (χ1v) is 4.43. The number of aromatic hydroxyl groups is 1. The number of benzene rings is 1. The van der Waals surface area contributed by atoms with Crippen LogP contribution in [0, 0.1) is 0 Å². The van der Waals surface area contributed by atoms with Crippen LogP contribution in [0.15, 0.2) is 24.3 Å². The number of hydrogen-bond donors (Lipinski definition) is 3. The Kier molecular flexibility index (Phi) is 5.74. The van der Waals surface area contributed by atoms with E-state index in [0.29, 0.717) is 12.0 Å². The van der Waals surface area contributed by atoms with Gasteiger partial charge in [-0.25, -0.2) is 0 Å². The van der Waals surface area contributed by atoms with E-state index in [1.165, 1.54) is 0 Å². The van der Waals surface area contributed by atoms with Crippen LogP contribution in [0.25, 0.3) is 0 Å². The number of carbonyl (C=O) groups is 1. The van der Waals surface area contributed by atoms with Crippen LogP contribution in [-0.2, 0) is 4.79 Å². The van der Waals surface area contributed by atoms with Crippen molar-refractivity contribution in [1.82, 2.24) is 0 Å². The minimum Gasteiger partial charge on any atom is -0.508 e. The molecule has 1 unspecified atom stereocenters. The lowest BCUT2D eigenvalue weighted by Gasteiger charge is -2.11. The van der Waals surface area contributed by atoms with Crippen molar-refractivity contribution in [2.75, 3.05) is 0 Å². The van der Waals surface area contributed by atoms with Crippen molar-refractivity contribution < 1.29 is 9.90 Å². The van der Waals surface area contributed by atoms with Gasteiger partial charge in [0, 0.05) is 18.0 Å². The predicted octanol–water partition coefficient (Wildman–Crippen LogP) is 1.08. The Balaban J connectivity index is 0.00000196. The highest BCUT2D eigenvalue weighted by Gasteiger charge is 2.10. The third kappa shape index (κ3) is 4.18. The molecule has 0 aliphatic heterocycles. The van der Waals surface area contributed by atoms with E-state index < -0.39 is 0 Å². The number of halogens is 1. The van der Waals surface area contributed by atoms with Gasteiger partial charge in [-0.1, -0.05) is 18.2 Å². The molecule has 1 rings (SSSR count). The SMILES string of the molecule is Cl.NC(=O)CCC(N)c1ccccc1O. The van der Waals surface area contributed by atoms with Crippen LogP contribution < -0.4 is 11.5 Å². The Morgan fingerprint density at radius 2 is 2.00 bits per heavy atom. The average Bonchev–Trinajstić information content (AvgIpc) is 2.15. The summed E-state index contributed by atoms with van der Waals surface area (Å²) in [6.45, 7) is 0. The minimum absolute atomic E-state index is 0. The quantitative estimate of drug-likeness (QED) is 0.723. The van der Waals surface area contributed by atoms with Crippen LogP contribution in [0.5, 0.6) is 5.75 Å². The average molecular weight is 231 g/mol. The van der Waals surface area contributed by atoms with E-state index in [1.54, 1.807) is 24.3 Å². The Morgan fingerprint density at radius 1 is 1.40 bits per heavy atom. The fourth-order valence-electron chi connectivity index (χ4n) is 1.25. The smallest absolute Gasteiger partial charge is 0.217 e. The minimum atomic E-state index is -0.379. The van der Waals surface area contributed by atoms with Crippen LogP contribution in [0.1, 0.15) is 24.4 Å². The highest BCUT2D eigenvalue weighted by atomic mass is 35.5. The van der Waals surface area contributed by atoms with Gasteiger partial charge in [-0.3, -0.25) is 4.79 Å². The third-order valence-electron chi connectivity index (χ3n) is 2.04.